The van der Waals surface area contributed by atoms with Crippen molar-refractivity contribution in [1.29, 1.82) is 0 Å². The van der Waals surface area contributed by atoms with Crippen LogP contribution in [0.25, 0.3) is 0 Å². The third-order valence-electron chi connectivity index (χ3n) is 1.23. The second-order valence-electron chi connectivity index (χ2n) is 2.86. The zero-order valence-electron chi connectivity index (χ0n) is 8.45. The summed E-state index contributed by atoms with van der Waals surface area (Å²) in [5.74, 6) is 0. The maximum Gasteiger partial charge on any atom is 0.177 e. The number of hydrogen-bond acceptors (Lipinski definition) is 2. The van der Waals surface area contributed by atoms with Crippen LogP contribution in [0.2, 0.25) is 0 Å². The molecule has 0 aromatic heterocycles. The summed E-state index contributed by atoms with van der Waals surface area (Å²) < 4.78 is 10.7. The van der Waals surface area contributed by atoms with E-state index in [0.29, 0.717) is 13.2 Å². The van der Waals surface area contributed by atoms with E-state index in [1.54, 1.807) is 12.2 Å². The minimum Gasteiger partial charge on any atom is -0.345 e. The molecule has 0 saturated heterocycles. The maximum atomic E-state index is 5.34. The van der Waals surface area contributed by atoms with Crippen LogP contribution < -0.4 is 0 Å². The first-order chi connectivity index (χ1) is 6.20. The molecule has 0 aromatic rings. The van der Waals surface area contributed by atoms with Crippen LogP contribution in [0.5, 0.6) is 0 Å². The lowest BCUT2D eigenvalue weighted by Crippen LogP contribution is -2.15. The fourth-order valence-electron chi connectivity index (χ4n) is 0.742. The summed E-state index contributed by atoms with van der Waals surface area (Å²) in [5, 5.41) is 0. The van der Waals surface area contributed by atoms with Gasteiger partial charge in [-0.25, -0.2) is 0 Å². The van der Waals surface area contributed by atoms with Crippen LogP contribution >= 0.6 is 0 Å². The number of rotatable bonds is 7. The van der Waals surface area contributed by atoms with Crippen molar-refractivity contribution in [2.75, 3.05) is 13.2 Å². The normalized spacial score (nSPS) is 9.77. The minimum atomic E-state index is -0.291. The number of allylic oxidation sites excluding steroid dienone is 1. The lowest BCUT2D eigenvalue weighted by atomic mass is 10.3. The van der Waals surface area contributed by atoms with Crippen molar-refractivity contribution in [3.05, 3.63) is 37.0 Å². The van der Waals surface area contributed by atoms with E-state index >= 15 is 0 Å². The highest BCUT2D eigenvalue weighted by molar-refractivity contribution is 4.96. The first-order valence-electron chi connectivity index (χ1n) is 4.30. The predicted molar refractivity (Wildman–Crippen MR) is 55.5 cm³/mol. The third kappa shape index (κ3) is 7.50. The van der Waals surface area contributed by atoms with E-state index in [0.717, 1.165) is 5.57 Å². The van der Waals surface area contributed by atoms with Crippen molar-refractivity contribution in [2.24, 2.45) is 0 Å². The maximum absolute atomic E-state index is 5.34. The molecule has 0 aliphatic heterocycles. The van der Waals surface area contributed by atoms with Gasteiger partial charge in [-0.15, -0.1) is 13.2 Å². The van der Waals surface area contributed by atoms with Gasteiger partial charge in [-0.3, -0.25) is 0 Å². The highest BCUT2D eigenvalue weighted by Gasteiger charge is 2.02. The highest BCUT2D eigenvalue weighted by atomic mass is 16.7. The van der Waals surface area contributed by atoms with Crippen LogP contribution in [0.4, 0.5) is 0 Å². The zero-order chi connectivity index (χ0) is 10.1. The van der Waals surface area contributed by atoms with Gasteiger partial charge in [-0.1, -0.05) is 17.7 Å². The molecule has 0 heterocycles. The SMILES string of the molecule is C=CCOC(C=C(C)C)OCC=C. The third-order valence-corrected chi connectivity index (χ3v) is 1.23. The van der Waals surface area contributed by atoms with E-state index in [1.165, 1.54) is 0 Å². The second kappa shape index (κ2) is 7.77. The molecule has 2 nitrogen and oxygen atoms in total. The monoisotopic (exact) mass is 182 g/mol. The molecule has 0 aliphatic rings. The van der Waals surface area contributed by atoms with Crippen LogP contribution in [-0.2, 0) is 9.47 Å². The molecule has 0 atom stereocenters. The standard InChI is InChI=1S/C11H18O2/c1-5-7-12-11(9-10(3)4)13-8-6-2/h5-6,9,11H,1-2,7-8H2,3-4H3. The van der Waals surface area contributed by atoms with Crippen molar-refractivity contribution in [2.45, 2.75) is 20.1 Å². The van der Waals surface area contributed by atoms with Crippen molar-refractivity contribution in [1.82, 2.24) is 0 Å². The number of ether oxygens (including phenoxy) is 2. The molecule has 13 heavy (non-hydrogen) atoms. The van der Waals surface area contributed by atoms with E-state index < -0.39 is 0 Å². The van der Waals surface area contributed by atoms with Crippen LogP contribution in [0.1, 0.15) is 13.8 Å². The van der Waals surface area contributed by atoms with Crippen molar-refractivity contribution >= 4 is 0 Å². The topological polar surface area (TPSA) is 18.5 Å². The number of hydrogen-bond donors (Lipinski definition) is 0. The summed E-state index contributed by atoms with van der Waals surface area (Å²) in [5.41, 5.74) is 1.16. The Labute approximate surface area is 80.5 Å². The molecule has 2 heteroatoms. The molecule has 0 bridgehead atoms. The Morgan fingerprint density at radius 1 is 1.15 bits per heavy atom. The Kier molecular flexibility index (Phi) is 7.26. The Morgan fingerprint density at radius 3 is 1.92 bits per heavy atom. The summed E-state index contributed by atoms with van der Waals surface area (Å²) in [7, 11) is 0. The second-order valence-corrected chi connectivity index (χ2v) is 2.86. The Balaban J connectivity index is 3.93. The van der Waals surface area contributed by atoms with Crippen LogP contribution in [-0.4, -0.2) is 19.5 Å². The van der Waals surface area contributed by atoms with Gasteiger partial charge in [0.2, 0.25) is 0 Å². The smallest absolute Gasteiger partial charge is 0.177 e. The Morgan fingerprint density at radius 2 is 1.62 bits per heavy atom. The summed E-state index contributed by atoms with van der Waals surface area (Å²) in [4.78, 5) is 0. The lowest BCUT2D eigenvalue weighted by molar-refractivity contribution is -0.0938. The van der Waals surface area contributed by atoms with Gasteiger partial charge in [0.05, 0.1) is 13.2 Å². The van der Waals surface area contributed by atoms with Gasteiger partial charge in [-0.05, 0) is 19.9 Å². The van der Waals surface area contributed by atoms with Crippen molar-refractivity contribution in [3.8, 4) is 0 Å². The first kappa shape index (κ1) is 12.1. The van der Waals surface area contributed by atoms with Crippen LogP contribution in [0.15, 0.2) is 37.0 Å². The van der Waals surface area contributed by atoms with E-state index in [4.69, 9.17) is 9.47 Å². The molecule has 0 N–H and O–H groups in total. The average Bonchev–Trinajstić information content (AvgIpc) is 2.09. The molecule has 0 saturated carbocycles. The lowest BCUT2D eigenvalue weighted by Gasteiger charge is -2.13. The molecule has 0 spiro atoms. The predicted octanol–water partition coefficient (Wildman–Crippen LogP) is 2.68. The van der Waals surface area contributed by atoms with E-state index in [9.17, 15) is 0 Å². The Bertz CT molecular complexity index is 167. The molecule has 0 aromatic carbocycles. The molecule has 0 fully saturated rings. The molecular formula is C11H18O2. The average molecular weight is 182 g/mol. The summed E-state index contributed by atoms with van der Waals surface area (Å²) >= 11 is 0. The van der Waals surface area contributed by atoms with Crippen molar-refractivity contribution in [3.63, 3.8) is 0 Å². The van der Waals surface area contributed by atoms with Gasteiger partial charge >= 0.3 is 0 Å². The zero-order valence-corrected chi connectivity index (χ0v) is 8.45. The van der Waals surface area contributed by atoms with E-state index in [2.05, 4.69) is 13.2 Å². The first-order valence-corrected chi connectivity index (χ1v) is 4.30. The Hall–Kier alpha value is -0.860. The van der Waals surface area contributed by atoms with Gasteiger partial charge < -0.3 is 9.47 Å². The summed E-state index contributed by atoms with van der Waals surface area (Å²) in [6, 6.07) is 0. The molecular weight excluding hydrogens is 164 g/mol. The van der Waals surface area contributed by atoms with Gasteiger partial charge in [0.15, 0.2) is 6.29 Å². The van der Waals surface area contributed by atoms with Gasteiger partial charge in [0, 0.05) is 0 Å². The fourth-order valence-corrected chi connectivity index (χ4v) is 0.742. The largest absolute Gasteiger partial charge is 0.345 e. The summed E-state index contributed by atoms with van der Waals surface area (Å²) in [6.45, 7) is 12.1. The summed E-state index contributed by atoms with van der Waals surface area (Å²) in [6.07, 6.45) is 5.03. The molecule has 0 rings (SSSR count). The van der Waals surface area contributed by atoms with E-state index in [-0.39, 0.29) is 6.29 Å². The molecule has 0 aliphatic carbocycles. The quantitative estimate of drug-likeness (QED) is 0.445. The van der Waals surface area contributed by atoms with Crippen molar-refractivity contribution < 1.29 is 9.47 Å². The van der Waals surface area contributed by atoms with Crippen LogP contribution in [0, 0.1) is 0 Å². The van der Waals surface area contributed by atoms with Gasteiger partial charge in [0.25, 0.3) is 0 Å². The van der Waals surface area contributed by atoms with Crippen LogP contribution in [0.3, 0.4) is 0 Å². The minimum absolute atomic E-state index is 0.291. The molecule has 74 valence electrons. The molecule has 0 unspecified atom stereocenters. The van der Waals surface area contributed by atoms with Gasteiger partial charge in [-0.2, -0.15) is 0 Å². The van der Waals surface area contributed by atoms with E-state index in [1.807, 2.05) is 19.9 Å². The highest BCUT2D eigenvalue weighted by Crippen LogP contribution is 2.01. The van der Waals surface area contributed by atoms with Gasteiger partial charge in [0.1, 0.15) is 0 Å². The molecule has 0 radical (unpaired) electrons. The molecule has 0 amide bonds. The fraction of sp³-hybridized carbons (Fsp3) is 0.455.